The van der Waals surface area contributed by atoms with E-state index in [2.05, 4.69) is 31.9 Å². The Morgan fingerprint density at radius 2 is 1.81 bits per heavy atom. The number of alkyl halides is 2. The standard InChI is InChI=1S/C14H11Br2NO4/c1-8-2-4-9(5-3-8)14(18)13(16)12(15)10-6-7-11(21-10)17(19)20/h2-7,12-13H,1H3/t12-,13-/m0/s1. The number of ketones is 1. The molecule has 0 aliphatic heterocycles. The highest BCUT2D eigenvalue weighted by Gasteiger charge is 2.29. The maximum atomic E-state index is 12.4. The van der Waals surface area contributed by atoms with Crippen molar-refractivity contribution in [2.75, 3.05) is 0 Å². The molecule has 0 saturated heterocycles. The molecule has 0 fully saturated rings. The number of carbonyl (C=O) groups excluding carboxylic acids is 1. The minimum absolute atomic E-state index is 0.129. The van der Waals surface area contributed by atoms with Crippen molar-refractivity contribution in [3.63, 3.8) is 0 Å². The van der Waals surface area contributed by atoms with Crippen LogP contribution >= 0.6 is 31.9 Å². The van der Waals surface area contributed by atoms with E-state index in [1.165, 1.54) is 12.1 Å². The van der Waals surface area contributed by atoms with E-state index in [0.29, 0.717) is 11.3 Å². The first kappa shape index (κ1) is 15.9. The van der Waals surface area contributed by atoms with E-state index in [-0.39, 0.29) is 11.7 Å². The van der Waals surface area contributed by atoms with Gasteiger partial charge in [0.05, 0.1) is 15.7 Å². The van der Waals surface area contributed by atoms with Gasteiger partial charge in [-0.15, -0.1) is 0 Å². The molecule has 0 bridgehead atoms. The van der Waals surface area contributed by atoms with Crippen molar-refractivity contribution < 1.29 is 14.1 Å². The summed E-state index contributed by atoms with van der Waals surface area (Å²) in [5.74, 6) is -0.156. The molecule has 21 heavy (non-hydrogen) atoms. The van der Waals surface area contributed by atoms with Crippen molar-refractivity contribution in [3.05, 3.63) is 63.4 Å². The second kappa shape index (κ2) is 6.53. The van der Waals surface area contributed by atoms with Crippen LogP contribution in [0.1, 0.15) is 26.5 Å². The fourth-order valence-electron chi connectivity index (χ4n) is 1.74. The second-order valence-electron chi connectivity index (χ2n) is 4.47. The summed E-state index contributed by atoms with van der Waals surface area (Å²) in [6.45, 7) is 1.94. The maximum Gasteiger partial charge on any atom is 0.433 e. The second-order valence-corrected chi connectivity index (χ2v) is 6.44. The number of carbonyl (C=O) groups is 1. The van der Waals surface area contributed by atoms with Crippen LogP contribution in [0.5, 0.6) is 0 Å². The third-order valence-electron chi connectivity index (χ3n) is 2.91. The van der Waals surface area contributed by atoms with Crippen LogP contribution in [0.4, 0.5) is 5.88 Å². The van der Waals surface area contributed by atoms with E-state index in [1.807, 2.05) is 19.1 Å². The summed E-state index contributed by atoms with van der Waals surface area (Å²) in [4.78, 5) is 21.3. The Bertz CT molecular complexity index is 666. The smallest absolute Gasteiger partial charge is 0.405 e. The van der Waals surface area contributed by atoms with E-state index in [0.717, 1.165) is 5.56 Å². The van der Waals surface area contributed by atoms with E-state index in [4.69, 9.17) is 4.42 Å². The van der Waals surface area contributed by atoms with Crippen molar-refractivity contribution in [1.29, 1.82) is 0 Å². The van der Waals surface area contributed by atoms with Crippen LogP contribution in [0, 0.1) is 17.0 Å². The number of hydrogen-bond donors (Lipinski definition) is 0. The Morgan fingerprint density at radius 1 is 1.19 bits per heavy atom. The number of rotatable bonds is 5. The molecule has 0 aliphatic rings. The van der Waals surface area contributed by atoms with Gasteiger partial charge >= 0.3 is 5.88 Å². The lowest BCUT2D eigenvalue weighted by molar-refractivity contribution is -0.402. The molecule has 0 aliphatic carbocycles. The molecule has 2 atom stereocenters. The molecule has 1 aromatic carbocycles. The fraction of sp³-hybridized carbons (Fsp3) is 0.214. The number of nitro groups is 1. The Kier molecular flexibility index (Phi) is 4.95. The summed E-state index contributed by atoms with van der Waals surface area (Å²) >= 11 is 6.66. The molecule has 0 saturated carbocycles. The molecule has 7 heteroatoms. The lowest BCUT2D eigenvalue weighted by Crippen LogP contribution is -2.18. The fourth-order valence-corrected chi connectivity index (χ4v) is 2.75. The first-order chi connectivity index (χ1) is 9.90. The Labute approximate surface area is 137 Å². The van der Waals surface area contributed by atoms with Crippen molar-refractivity contribution >= 4 is 43.5 Å². The van der Waals surface area contributed by atoms with Gasteiger partial charge in [-0.05, 0) is 13.0 Å². The lowest BCUT2D eigenvalue weighted by atomic mass is 10.0. The Hall–Kier alpha value is -1.47. The van der Waals surface area contributed by atoms with Crippen LogP contribution in [-0.2, 0) is 0 Å². The zero-order valence-electron chi connectivity index (χ0n) is 11.0. The average Bonchev–Trinajstić information content (AvgIpc) is 2.96. The highest BCUT2D eigenvalue weighted by atomic mass is 79.9. The maximum absolute atomic E-state index is 12.4. The zero-order chi connectivity index (χ0) is 15.6. The number of benzene rings is 1. The van der Waals surface area contributed by atoms with Gasteiger partial charge in [0.15, 0.2) is 5.78 Å². The zero-order valence-corrected chi connectivity index (χ0v) is 14.1. The quantitative estimate of drug-likeness (QED) is 0.309. The molecule has 0 radical (unpaired) electrons. The van der Waals surface area contributed by atoms with Crippen LogP contribution in [0.15, 0.2) is 40.8 Å². The molecule has 0 N–H and O–H groups in total. The molecule has 2 rings (SSSR count). The number of hydrogen-bond acceptors (Lipinski definition) is 4. The molecule has 110 valence electrons. The van der Waals surface area contributed by atoms with Crippen LogP contribution in [-0.4, -0.2) is 15.5 Å². The van der Waals surface area contributed by atoms with E-state index >= 15 is 0 Å². The third kappa shape index (κ3) is 3.59. The number of Topliss-reactive ketones (excluding diaryl/α,β-unsaturated/α-hetero) is 1. The van der Waals surface area contributed by atoms with Crippen LogP contribution in [0.2, 0.25) is 0 Å². The van der Waals surface area contributed by atoms with Gasteiger partial charge in [0, 0.05) is 5.56 Å². The van der Waals surface area contributed by atoms with Crippen LogP contribution < -0.4 is 0 Å². The lowest BCUT2D eigenvalue weighted by Gasteiger charge is -2.13. The minimum Gasteiger partial charge on any atom is -0.405 e. The normalized spacial score (nSPS) is 13.7. The van der Waals surface area contributed by atoms with Crippen molar-refractivity contribution in [1.82, 2.24) is 0 Å². The molecule has 2 aromatic rings. The Balaban J connectivity index is 2.17. The predicted octanol–water partition coefficient (Wildman–Crippen LogP) is 4.58. The topological polar surface area (TPSA) is 73.3 Å². The van der Waals surface area contributed by atoms with E-state index in [1.54, 1.807) is 12.1 Å². The first-order valence-corrected chi connectivity index (χ1v) is 7.86. The molecule has 1 aromatic heterocycles. The van der Waals surface area contributed by atoms with Gasteiger partial charge in [0.25, 0.3) is 0 Å². The summed E-state index contributed by atoms with van der Waals surface area (Å²) in [6, 6.07) is 9.95. The first-order valence-electron chi connectivity index (χ1n) is 6.03. The van der Waals surface area contributed by atoms with Crippen LogP contribution in [0.3, 0.4) is 0 Å². The van der Waals surface area contributed by atoms with Gasteiger partial charge < -0.3 is 4.42 Å². The molecule has 1 heterocycles. The third-order valence-corrected chi connectivity index (χ3v) is 5.54. The van der Waals surface area contributed by atoms with Crippen molar-refractivity contribution in [2.45, 2.75) is 16.6 Å². The van der Waals surface area contributed by atoms with Crippen molar-refractivity contribution in [3.8, 4) is 0 Å². The highest BCUT2D eigenvalue weighted by molar-refractivity contribution is 9.12. The number of furan rings is 1. The Morgan fingerprint density at radius 3 is 2.33 bits per heavy atom. The van der Waals surface area contributed by atoms with Gasteiger partial charge in [-0.25, -0.2) is 0 Å². The summed E-state index contributed by atoms with van der Waals surface area (Å²) < 4.78 is 5.10. The van der Waals surface area contributed by atoms with Gasteiger partial charge in [-0.3, -0.25) is 14.9 Å². The number of aryl methyl sites for hydroxylation is 1. The van der Waals surface area contributed by atoms with Gasteiger partial charge in [-0.1, -0.05) is 61.7 Å². The minimum atomic E-state index is -0.617. The molecular formula is C14H11Br2NO4. The molecular weight excluding hydrogens is 406 g/mol. The monoisotopic (exact) mass is 415 g/mol. The van der Waals surface area contributed by atoms with Gasteiger partial charge in [0.2, 0.25) is 0 Å². The highest BCUT2D eigenvalue weighted by Crippen LogP contribution is 2.35. The average molecular weight is 417 g/mol. The summed E-state index contributed by atoms with van der Waals surface area (Å²) in [5, 5.41) is 10.6. The van der Waals surface area contributed by atoms with Crippen LogP contribution in [0.25, 0.3) is 0 Å². The SMILES string of the molecule is Cc1ccc(C(=O)[C@@H](Br)[C@@H](Br)c2ccc([N+](=O)[O-])o2)cc1. The number of nitrogens with zero attached hydrogens (tertiary/aromatic N) is 1. The molecule has 0 unspecified atom stereocenters. The van der Waals surface area contributed by atoms with Gasteiger partial charge in [-0.2, -0.15) is 0 Å². The summed E-state index contributed by atoms with van der Waals surface area (Å²) in [5.41, 5.74) is 1.63. The summed E-state index contributed by atoms with van der Waals surface area (Å²) in [7, 11) is 0. The molecule has 5 nitrogen and oxygen atoms in total. The summed E-state index contributed by atoms with van der Waals surface area (Å²) in [6.07, 6.45) is 0. The van der Waals surface area contributed by atoms with Crippen molar-refractivity contribution in [2.24, 2.45) is 0 Å². The van der Waals surface area contributed by atoms with E-state index < -0.39 is 14.6 Å². The molecule has 0 spiro atoms. The number of halogens is 2. The largest absolute Gasteiger partial charge is 0.433 e. The van der Waals surface area contributed by atoms with Gasteiger partial charge in [0.1, 0.15) is 10.7 Å². The molecule has 0 amide bonds. The predicted molar refractivity (Wildman–Crippen MR) is 85.3 cm³/mol. The van der Waals surface area contributed by atoms with E-state index in [9.17, 15) is 14.9 Å².